The number of amides is 2. The minimum Gasteiger partial charge on any atom is -0.352 e. The van der Waals surface area contributed by atoms with E-state index >= 15 is 0 Å². The summed E-state index contributed by atoms with van der Waals surface area (Å²) in [7, 11) is 0. The van der Waals surface area contributed by atoms with Gasteiger partial charge in [0.2, 0.25) is 11.8 Å². The van der Waals surface area contributed by atoms with Gasteiger partial charge in [-0.05, 0) is 42.6 Å². The first-order chi connectivity index (χ1) is 16.1. The molecule has 0 aliphatic carbocycles. The Morgan fingerprint density at radius 1 is 1.12 bits per heavy atom. The molecule has 2 amide bonds. The van der Waals surface area contributed by atoms with Gasteiger partial charge < -0.3 is 10.2 Å². The van der Waals surface area contributed by atoms with Crippen LogP contribution in [0.25, 0.3) is 5.82 Å². The molecule has 1 aliphatic heterocycles. The quantitative estimate of drug-likeness (QED) is 0.474. The zero-order valence-electron chi connectivity index (χ0n) is 18.1. The second kappa shape index (κ2) is 8.99. The summed E-state index contributed by atoms with van der Waals surface area (Å²) >= 11 is 1.56. The van der Waals surface area contributed by atoms with Crippen LogP contribution in [0.3, 0.4) is 0 Å². The average molecular weight is 458 g/mol. The number of nitrogens with zero attached hydrogens (tertiary/aromatic N) is 4. The van der Waals surface area contributed by atoms with E-state index in [2.05, 4.69) is 15.4 Å². The van der Waals surface area contributed by atoms with Crippen LogP contribution >= 0.6 is 11.3 Å². The van der Waals surface area contributed by atoms with E-state index in [4.69, 9.17) is 0 Å². The van der Waals surface area contributed by atoms with E-state index in [1.165, 1.54) is 0 Å². The fraction of sp³-hybridized carbons (Fsp3) is 0.200. The van der Waals surface area contributed by atoms with Crippen LogP contribution in [0.5, 0.6) is 0 Å². The molecule has 0 saturated carbocycles. The Labute approximate surface area is 195 Å². The van der Waals surface area contributed by atoms with Crippen molar-refractivity contribution in [3.05, 3.63) is 94.6 Å². The molecule has 1 fully saturated rings. The summed E-state index contributed by atoms with van der Waals surface area (Å²) in [5.41, 5.74) is 2.78. The molecule has 0 radical (unpaired) electrons. The number of nitrogens with one attached hydrogen (secondary N) is 1. The van der Waals surface area contributed by atoms with Gasteiger partial charge in [0.15, 0.2) is 5.82 Å². The fourth-order valence-electron chi connectivity index (χ4n) is 4.25. The fourth-order valence-corrected chi connectivity index (χ4v) is 5.13. The van der Waals surface area contributed by atoms with Crippen LogP contribution in [0.15, 0.2) is 78.6 Å². The first-order valence-electron chi connectivity index (χ1n) is 10.8. The van der Waals surface area contributed by atoms with Crippen LogP contribution < -0.4 is 10.2 Å². The predicted molar refractivity (Wildman–Crippen MR) is 127 cm³/mol. The number of thiophene rings is 1. The first-order valence-corrected chi connectivity index (χ1v) is 11.6. The molecule has 4 heterocycles. The molecule has 0 spiro atoms. The average Bonchev–Trinajstić information content (AvgIpc) is 3.59. The molecular weight excluding hydrogens is 434 g/mol. The van der Waals surface area contributed by atoms with Crippen molar-refractivity contribution in [2.45, 2.75) is 25.9 Å². The monoisotopic (exact) mass is 457 g/mol. The van der Waals surface area contributed by atoms with Crippen molar-refractivity contribution in [3.63, 3.8) is 0 Å². The molecule has 2 atom stereocenters. The maximum atomic E-state index is 13.4. The molecule has 7 nitrogen and oxygen atoms in total. The molecule has 166 valence electrons. The molecule has 1 aromatic carbocycles. The Kier molecular flexibility index (Phi) is 5.75. The van der Waals surface area contributed by atoms with Crippen molar-refractivity contribution in [1.29, 1.82) is 0 Å². The van der Waals surface area contributed by atoms with Crippen molar-refractivity contribution in [1.82, 2.24) is 20.1 Å². The van der Waals surface area contributed by atoms with Crippen LogP contribution in [-0.2, 0) is 16.1 Å². The summed E-state index contributed by atoms with van der Waals surface area (Å²) in [5.74, 6) is -0.00805. The minimum absolute atomic E-state index is 0.0454. The number of aromatic nitrogens is 3. The highest BCUT2D eigenvalue weighted by Crippen LogP contribution is 2.43. The van der Waals surface area contributed by atoms with E-state index in [9.17, 15) is 9.59 Å². The maximum Gasteiger partial charge on any atom is 0.228 e. The van der Waals surface area contributed by atoms with E-state index < -0.39 is 5.92 Å². The number of hydrogen-bond acceptors (Lipinski definition) is 5. The molecule has 1 saturated heterocycles. The normalized spacial score (nSPS) is 18.0. The molecule has 4 aromatic rings. The number of carbonyl (C=O) groups is 2. The Morgan fingerprint density at radius 2 is 1.97 bits per heavy atom. The minimum atomic E-state index is -0.484. The number of rotatable bonds is 6. The van der Waals surface area contributed by atoms with Crippen molar-refractivity contribution < 1.29 is 9.59 Å². The van der Waals surface area contributed by atoms with Crippen LogP contribution in [0.4, 0.5) is 5.69 Å². The number of anilines is 1. The van der Waals surface area contributed by atoms with Crippen LogP contribution in [0, 0.1) is 12.8 Å². The molecule has 3 aromatic heterocycles. The van der Waals surface area contributed by atoms with Gasteiger partial charge in [0.1, 0.15) is 0 Å². The molecule has 0 bridgehead atoms. The molecule has 1 N–H and O–H groups in total. The lowest BCUT2D eigenvalue weighted by molar-refractivity contribution is -0.126. The summed E-state index contributed by atoms with van der Waals surface area (Å²) < 4.78 is 1.67. The molecule has 8 heteroatoms. The lowest BCUT2D eigenvalue weighted by Gasteiger charge is -2.27. The topological polar surface area (TPSA) is 80.1 Å². The highest BCUT2D eigenvalue weighted by Gasteiger charge is 2.45. The van der Waals surface area contributed by atoms with Gasteiger partial charge in [0.05, 0.1) is 12.0 Å². The van der Waals surface area contributed by atoms with E-state index in [1.807, 2.05) is 73.1 Å². The van der Waals surface area contributed by atoms with Crippen molar-refractivity contribution >= 4 is 28.8 Å². The Hall–Kier alpha value is -3.78. The van der Waals surface area contributed by atoms with Gasteiger partial charge in [-0.3, -0.25) is 9.59 Å². The third-order valence-electron chi connectivity index (χ3n) is 5.85. The summed E-state index contributed by atoms with van der Waals surface area (Å²) in [4.78, 5) is 33.6. The van der Waals surface area contributed by atoms with Gasteiger partial charge in [0, 0.05) is 47.7 Å². The maximum absolute atomic E-state index is 13.4. The number of aryl methyl sites for hydroxylation is 1. The number of carbonyl (C=O) groups excluding carboxylic acids is 2. The summed E-state index contributed by atoms with van der Waals surface area (Å²) in [6.45, 7) is 2.31. The van der Waals surface area contributed by atoms with Crippen molar-refractivity contribution in [3.8, 4) is 5.82 Å². The molecule has 2 unspecified atom stereocenters. The van der Waals surface area contributed by atoms with Crippen molar-refractivity contribution in [2.75, 3.05) is 4.90 Å². The summed E-state index contributed by atoms with van der Waals surface area (Å²) in [6.07, 6.45) is 5.37. The van der Waals surface area contributed by atoms with Gasteiger partial charge in [0.25, 0.3) is 0 Å². The smallest absolute Gasteiger partial charge is 0.228 e. The zero-order valence-corrected chi connectivity index (χ0v) is 18.9. The second-order valence-electron chi connectivity index (χ2n) is 8.02. The third-order valence-corrected chi connectivity index (χ3v) is 6.79. The Balaban J connectivity index is 1.40. The van der Waals surface area contributed by atoms with Crippen molar-refractivity contribution in [2.24, 2.45) is 5.92 Å². The highest BCUT2D eigenvalue weighted by molar-refractivity contribution is 7.10. The summed E-state index contributed by atoms with van der Waals surface area (Å²) in [6, 6.07) is 17.1. The third kappa shape index (κ3) is 4.17. The van der Waals surface area contributed by atoms with Crippen LogP contribution in [0.1, 0.15) is 28.5 Å². The molecule has 33 heavy (non-hydrogen) atoms. The SMILES string of the molecule is Cc1ccc(N2C(=O)CC(C(=O)NCc3cccnc3-n3cccn3)C2c2cccs2)cc1. The predicted octanol–water partition coefficient (Wildman–Crippen LogP) is 4.05. The largest absolute Gasteiger partial charge is 0.352 e. The second-order valence-corrected chi connectivity index (χ2v) is 9.00. The van der Waals surface area contributed by atoms with Gasteiger partial charge >= 0.3 is 0 Å². The standard InChI is InChI=1S/C25H23N5O2S/c1-17-7-9-19(10-8-17)30-22(31)15-20(23(30)21-6-3-14-33-21)25(32)27-16-18-5-2-11-26-24(18)29-13-4-12-28-29/h2-14,20,23H,15-16H2,1H3,(H,27,32). The van der Waals surface area contributed by atoms with Gasteiger partial charge in [-0.2, -0.15) is 5.10 Å². The van der Waals surface area contributed by atoms with Gasteiger partial charge in [-0.1, -0.05) is 29.8 Å². The Bertz CT molecular complexity index is 1250. The zero-order chi connectivity index (χ0) is 22.8. The first kappa shape index (κ1) is 21.1. The van der Waals surface area contributed by atoms with E-state index in [0.29, 0.717) is 12.4 Å². The lowest BCUT2D eigenvalue weighted by atomic mass is 9.97. The number of pyridine rings is 1. The lowest BCUT2D eigenvalue weighted by Crippen LogP contribution is -2.35. The molecular formula is C25H23N5O2S. The van der Waals surface area contributed by atoms with Crippen LogP contribution in [0.2, 0.25) is 0 Å². The number of hydrogen-bond donors (Lipinski definition) is 1. The Morgan fingerprint density at radius 3 is 2.70 bits per heavy atom. The van der Waals surface area contributed by atoms with Gasteiger partial charge in [-0.15, -0.1) is 11.3 Å². The molecule has 1 aliphatic rings. The summed E-state index contributed by atoms with van der Waals surface area (Å²) in [5, 5.41) is 9.27. The highest BCUT2D eigenvalue weighted by atomic mass is 32.1. The van der Waals surface area contributed by atoms with Crippen LogP contribution in [-0.4, -0.2) is 26.6 Å². The molecule has 5 rings (SSSR count). The van der Waals surface area contributed by atoms with Gasteiger partial charge in [-0.25, -0.2) is 9.67 Å². The van der Waals surface area contributed by atoms with E-state index in [1.54, 1.807) is 33.3 Å². The number of benzene rings is 1. The van der Waals surface area contributed by atoms with E-state index in [0.717, 1.165) is 21.7 Å². The van der Waals surface area contributed by atoms with E-state index in [-0.39, 0.29) is 24.3 Å².